The Labute approximate surface area is 111 Å². The van der Waals surface area contributed by atoms with Crippen LogP contribution in [0.1, 0.15) is 17.7 Å². The topological polar surface area (TPSA) is 66.0 Å². The number of hydrogen-bond donors (Lipinski definition) is 1. The molecule has 0 saturated heterocycles. The number of methoxy groups -OCH3 is 1. The summed E-state index contributed by atoms with van der Waals surface area (Å²) in [6, 6.07) is 4.42. The van der Waals surface area contributed by atoms with E-state index in [0.29, 0.717) is 18.8 Å². The minimum Gasteiger partial charge on any atom is -0.496 e. The van der Waals surface area contributed by atoms with Crippen LogP contribution in [0.5, 0.6) is 5.75 Å². The van der Waals surface area contributed by atoms with Gasteiger partial charge in [0.15, 0.2) is 0 Å². The van der Waals surface area contributed by atoms with Crippen molar-refractivity contribution < 1.29 is 9.13 Å². The molecule has 1 aromatic carbocycles. The third-order valence-corrected chi connectivity index (χ3v) is 2.80. The Morgan fingerprint density at radius 2 is 2.26 bits per heavy atom. The fourth-order valence-electron chi connectivity index (χ4n) is 1.86. The Morgan fingerprint density at radius 3 is 3.00 bits per heavy atom. The van der Waals surface area contributed by atoms with E-state index in [-0.39, 0.29) is 5.82 Å². The van der Waals surface area contributed by atoms with Gasteiger partial charge < -0.3 is 10.5 Å². The molecule has 0 saturated carbocycles. The molecule has 19 heavy (non-hydrogen) atoms. The molecule has 0 spiro atoms. The highest BCUT2D eigenvalue weighted by molar-refractivity contribution is 5.34. The van der Waals surface area contributed by atoms with Crippen LogP contribution in [-0.2, 0) is 13.0 Å². The lowest BCUT2D eigenvalue weighted by Gasteiger charge is -2.07. The summed E-state index contributed by atoms with van der Waals surface area (Å²) < 4.78 is 20.1. The molecule has 0 aliphatic carbocycles. The first-order valence-corrected chi connectivity index (χ1v) is 6.14. The number of aromatic nitrogens is 3. The molecule has 0 atom stereocenters. The SMILES string of the molecule is COc1ccc(F)cc1Cn1cc(CCCN)nn1. The van der Waals surface area contributed by atoms with Crippen molar-refractivity contribution in [3.8, 4) is 5.75 Å². The predicted octanol–water partition coefficient (Wildman–Crippen LogP) is 1.37. The lowest BCUT2D eigenvalue weighted by atomic mass is 10.2. The molecule has 0 aliphatic rings. The Morgan fingerprint density at radius 1 is 1.42 bits per heavy atom. The van der Waals surface area contributed by atoms with Gasteiger partial charge in [0.1, 0.15) is 11.6 Å². The minimum absolute atomic E-state index is 0.292. The van der Waals surface area contributed by atoms with Gasteiger partial charge in [0.05, 0.1) is 19.3 Å². The second-order valence-corrected chi connectivity index (χ2v) is 4.26. The Hall–Kier alpha value is -1.95. The maximum absolute atomic E-state index is 13.2. The van der Waals surface area contributed by atoms with Gasteiger partial charge in [-0.3, -0.25) is 0 Å². The van der Waals surface area contributed by atoms with Crippen molar-refractivity contribution in [1.82, 2.24) is 15.0 Å². The van der Waals surface area contributed by atoms with Gasteiger partial charge in [-0.15, -0.1) is 5.10 Å². The van der Waals surface area contributed by atoms with Gasteiger partial charge in [0, 0.05) is 11.8 Å². The molecule has 1 aromatic heterocycles. The first-order valence-electron chi connectivity index (χ1n) is 6.14. The zero-order chi connectivity index (χ0) is 13.7. The lowest BCUT2D eigenvalue weighted by molar-refractivity contribution is 0.405. The van der Waals surface area contributed by atoms with Crippen molar-refractivity contribution in [3.63, 3.8) is 0 Å². The normalized spacial score (nSPS) is 10.7. The molecule has 0 fully saturated rings. The Bertz CT molecular complexity index is 541. The van der Waals surface area contributed by atoms with Crippen LogP contribution in [0, 0.1) is 5.82 Å². The quantitative estimate of drug-likeness (QED) is 0.855. The molecule has 5 nitrogen and oxygen atoms in total. The van der Waals surface area contributed by atoms with E-state index in [4.69, 9.17) is 10.5 Å². The Kier molecular flexibility index (Phi) is 4.46. The Balaban J connectivity index is 2.12. The summed E-state index contributed by atoms with van der Waals surface area (Å²) in [5.41, 5.74) is 7.07. The maximum atomic E-state index is 13.2. The zero-order valence-electron chi connectivity index (χ0n) is 10.8. The summed E-state index contributed by atoms with van der Waals surface area (Å²) in [4.78, 5) is 0. The average molecular weight is 264 g/mol. The van der Waals surface area contributed by atoms with E-state index in [2.05, 4.69) is 10.3 Å². The maximum Gasteiger partial charge on any atom is 0.124 e. The molecule has 2 rings (SSSR count). The van der Waals surface area contributed by atoms with Gasteiger partial charge in [-0.05, 0) is 37.6 Å². The number of nitrogens with two attached hydrogens (primary N) is 1. The monoisotopic (exact) mass is 264 g/mol. The van der Waals surface area contributed by atoms with Crippen molar-refractivity contribution in [2.75, 3.05) is 13.7 Å². The van der Waals surface area contributed by atoms with Crippen LogP contribution < -0.4 is 10.5 Å². The number of nitrogens with zero attached hydrogens (tertiary/aromatic N) is 3. The third kappa shape index (κ3) is 3.51. The van der Waals surface area contributed by atoms with Crippen LogP contribution in [0.4, 0.5) is 4.39 Å². The summed E-state index contributed by atoms with van der Waals surface area (Å²) in [5.74, 6) is 0.347. The molecular weight excluding hydrogens is 247 g/mol. The van der Waals surface area contributed by atoms with Gasteiger partial charge in [0.25, 0.3) is 0 Å². The molecule has 0 radical (unpaired) electrons. The molecule has 0 unspecified atom stereocenters. The van der Waals surface area contributed by atoms with Gasteiger partial charge >= 0.3 is 0 Å². The largest absolute Gasteiger partial charge is 0.496 e. The molecule has 2 N–H and O–H groups in total. The molecule has 102 valence electrons. The van der Waals surface area contributed by atoms with Gasteiger partial charge in [-0.2, -0.15) is 0 Å². The highest BCUT2D eigenvalue weighted by atomic mass is 19.1. The first-order chi connectivity index (χ1) is 9.22. The van der Waals surface area contributed by atoms with E-state index in [1.165, 1.54) is 12.1 Å². The number of rotatable bonds is 6. The second-order valence-electron chi connectivity index (χ2n) is 4.26. The van der Waals surface area contributed by atoms with Crippen LogP contribution in [0.15, 0.2) is 24.4 Å². The first kappa shape index (κ1) is 13.5. The molecule has 0 bridgehead atoms. The summed E-state index contributed by atoms with van der Waals surface area (Å²) in [5, 5.41) is 8.07. The van der Waals surface area contributed by atoms with Crippen LogP contribution >= 0.6 is 0 Å². The van der Waals surface area contributed by atoms with E-state index in [1.54, 1.807) is 17.9 Å². The van der Waals surface area contributed by atoms with Gasteiger partial charge in [0.2, 0.25) is 0 Å². The molecule has 0 aliphatic heterocycles. The smallest absolute Gasteiger partial charge is 0.124 e. The average Bonchev–Trinajstić information content (AvgIpc) is 2.84. The zero-order valence-corrected chi connectivity index (χ0v) is 10.8. The number of hydrogen-bond acceptors (Lipinski definition) is 4. The van der Waals surface area contributed by atoms with E-state index in [9.17, 15) is 4.39 Å². The van der Waals surface area contributed by atoms with Crippen molar-refractivity contribution in [2.45, 2.75) is 19.4 Å². The minimum atomic E-state index is -0.292. The summed E-state index contributed by atoms with van der Waals surface area (Å²) in [6.45, 7) is 1.06. The number of halogens is 1. The second kappa shape index (κ2) is 6.29. The summed E-state index contributed by atoms with van der Waals surface area (Å²) >= 11 is 0. The van der Waals surface area contributed by atoms with Crippen molar-refractivity contribution in [1.29, 1.82) is 0 Å². The fourth-order valence-corrected chi connectivity index (χ4v) is 1.86. The van der Waals surface area contributed by atoms with Crippen molar-refractivity contribution in [2.24, 2.45) is 5.73 Å². The van der Waals surface area contributed by atoms with Crippen LogP contribution in [0.2, 0.25) is 0 Å². The molecular formula is C13H17FN4O. The van der Waals surface area contributed by atoms with Gasteiger partial charge in [-0.1, -0.05) is 5.21 Å². The van der Waals surface area contributed by atoms with E-state index in [1.807, 2.05) is 6.20 Å². The van der Waals surface area contributed by atoms with E-state index < -0.39 is 0 Å². The third-order valence-electron chi connectivity index (χ3n) is 2.80. The summed E-state index contributed by atoms with van der Waals surface area (Å²) in [7, 11) is 1.56. The molecule has 1 heterocycles. The number of benzene rings is 1. The van der Waals surface area contributed by atoms with Crippen molar-refractivity contribution in [3.05, 3.63) is 41.5 Å². The molecule has 6 heteroatoms. The predicted molar refractivity (Wildman–Crippen MR) is 69.5 cm³/mol. The van der Waals surface area contributed by atoms with Crippen molar-refractivity contribution >= 4 is 0 Å². The van der Waals surface area contributed by atoms with Gasteiger partial charge in [-0.25, -0.2) is 9.07 Å². The molecule has 2 aromatic rings. The van der Waals surface area contributed by atoms with E-state index in [0.717, 1.165) is 24.1 Å². The van der Waals surface area contributed by atoms with Crippen LogP contribution in [0.25, 0.3) is 0 Å². The number of aryl methyl sites for hydroxylation is 1. The van der Waals surface area contributed by atoms with Crippen LogP contribution in [-0.4, -0.2) is 28.6 Å². The molecule has 0 amide bonds. The summed E-state index contributed by atoms with van der Waals surface area (Å²) in [6.07, 6.45) is 3.53. The number of ether oxygens (including phenoxy) is 1. The lowest BCUT2D eigenvalue weighted by Crippen LogP contribution is -2.03. The standard InChI is InChI=1S/C13H17FN4O/c1-19-13-5-4-11(14)7-10(13)8-18-9-12(16-17-18)3-2-6-15/h4-5,7,9H,2-3,6,8,15H2,1H3. The van der Waals surface area contributed by atoms with Crippen LogP contribution in [0.3, 0.4) is 0 Å². The highest BCUT2D eigenvalue weighted by Gasteiger charge is 2.07. The fraction of sp³-hybridized carbons (Fsp3) is 0.385. The van der Waals surface area contributed by atoms with E-state index >= 15 is 0 Å². The highest BCUT2D eigenvalue weighted by Crippen LogP contribution is 2.20.